The molecule has 0 atom stereocenters. The molecule has 1 aromatic rings. The molecule has 2 N–H and O–H groups in total. The van der Waals surface area contributed by atoms with E-state index >= 15 is 0 Å². The molecule has 0 aliphatic carbocycles. The van der Waals surface area contributed by atoms with Crippen LogP contribution in [-0.4, -0.2) is 26.1 Å². The van der Waals surface area contributed by atoms with Crippen molar-refractivity contribution in [2.75, 3.05) is 13.3 Å². The summed E-state index contributed by atoms with van der Waals surface area (Å²) in [5.41, 5.74) is 0. The van der Waals surface area contributed by atoms with Gasteiger partial charge in [0.15, 0.2) is 0 Å². The van der Waals surface area contributed by atoms with Crippen molar-refractivity contribution >= 4 is 21.8 Å². The Labute approximate surface area is 88.1 Å². The Kier molecular flexibility index (Phi) is 3.54. The van der Waals surface area contributed by atoms with E-state index in [-0.39, 0.29) is 4.90 Å². The van der Waals surface area contributed by atoms with E-state index in [0.29, 0.717) is 4.41 Å². The van der Waals surface area contributed by atoms with Crippen molar-refractivity contribution in [1.82, 2.24) is 4.41 Å². The molecule has 0 radical (unpaired) electrons. The lowest BCUT2D eigenvalue weighted by atomic mass is 10.4. The highest BCUT2D eigenvalue weighted by atomic mass is 32.2. The first-order valence-corrected chi connectivity index (χ1v) is 6.52. The number of nitrogens with zero attached hydrogens (tertiary/aromatic N) is 1. The Morgan fingerprint density at radius 3 is 2.14 bits per heavy atom. The van der Waals surface area contributed by atoms with Crippen LogP contribution in [0.4, 0.5) is 0 Å². The van der Waals surface area contributed by atoms with Gasteiger partial charge in [0.2, 0.25) is 0 Å². The zero-order valence-electron chi connectivity index (χ0n) is 7.97. The molecule has 0 saturated carbocycles. The van der Waals surface area contributed by atoms with Crippen LogP contribution in [0.3, 0.4) is 0 Å². The van der Waals surface area contributed by atoms with E-state index in [0.717, 1.165) is 4.90 Å². The van der Waals surface area contributed by atoms with Gasteiger partial charge in [0.1, 0.15) is 0 Å². The zero-order chi connectivity index (χ0) is 10.8. The van der Waals surface area contributed by atoms with Gasteiger partial charge in [0, 0.05) is 11.9 Å². The Hall–Kier alpha value is -0.560. The van der Waals surface area contributed by atoms with Crippen molar-refractivity contribution in [3.63, 3.8) is 0 Å². The molecular formula is C8H12N2O2S2. The standard InChI is InChI=1S/C8H12N2O2S2/c1-10(9)14(11,12)8-5-3-7(13-2)4-6-8/h3-6H,9H2,1-2H3. The summed E-state index contributed by atoms with van der Waals surface area (Å²) in [4.78, 5) is 1.23. The highest BCUT2D eigenvalue weighted by Crippen LogP contribution is 2.18. The molecular weight excluding hydrogens is 220 g/mol. The molecule has 78 valence electrons. The van der Waals surface area contributed by atoms with E-state index in [1.807, 2.05) is 6.26 Å². The maximum Gasteiger partial charge on any atom is 0.255 e. The smallest absolute Gasteiger partial charge is 0.255 e. The summed E-state index contributed by atoms with van der Waals surface area (Å²) in [6.07, 6.45) is 1.93. The highest BCUT2D eigenvalue weighted by Gasteiger charge is 2.16. The molecule has 0 spiro atoms. The summed E-state index contributed by atoms with van der Waals surface area (Å²) in [6.45, 7) is 0. The highest BCUT2D eigenvalue weighted by molar-refractivity contribution is 7.98. The lowest BCUT2D eigenvalue weighted by Gasteiger charge is -2.10. The maximum absolute atomic E-state index is 11.5. The van der Waals surface area contributed by atoms with Crippen molar-refractivity contribution in [2.45, 2.75) is 9.79 Å². The summed E-state index contributed by atoms with van der Waals surface area (Å²) in [6, 6.07) is 6.59. The van der Waals surface area contributed by atoms with Crippen molar-refractivity contribution in [3.8, 4) is 0 Å². The number of sulfonamides is 1. The van der Waals surface area contributed by atoms with Crippen molar-refractivity contribution in [3.05, 3.63) is 24.3 Å². The number of nitrogens with two attached hydrogens (primary N) is 1. The van der Waals surface area contributed by atoms with Crippen molar-refractivity contribution in [1.29, 1.82) is 0 Å². The van der Waals surface area contributed by atoms with Crippen molar-refractivity contribution < 1.29 is 8.42 Å². The van der Waals surface area contributed by atoms with Gasteiger partial charge in [-0.1, -0.05) is 0 Å². The van der Waals surface area contributed by atoms with Crippen LogP contribution in [0.1, 0.15) is 0 Å². The number of hydrogen-bond donors (Lipinski definition) is 1. The molecule has 0 fully saturated rings. The third-order valence-electron chi connectivity index (χ3n) is 1.74. The summed E-state index contributed by atoms with van der Waals surface area (Å²) in [5.74, 6) is 5.21. The zero-order valence-corrected chi connectivity index (χ0v) is 9.60. The number of rotatable bonds is 3. The Morgan fingerprint density at radius 2 is 1.79 bits per heavy atom. The predicted octanol–water partition coefficient (Wildman–Crippen LogP) is 0.903. The van der Waals surface area contributed by atoms with Crippen LogP contribution >= 0.6 is 11.8 Å². The minimum atomic E-state index is -3.50. The van der Waals surface area contributed by atoms with E-state index < -0.39 is 10.0 Å². The minimum Gasteiger partial charge on any atom is -0.255 e. The van der Waals surface area contributed by atoms with Gasteiger partial charge in [-0.25, -0.2) is 8.42 Å². The second-order valence-corrected chi connectivity index (χ2v) is 5.57. The Balaban J connectivity index is 3.10. The van der Waals surface area contributed by atoms with Gasteiger partial charge in [-0.15, -0.1) is 16.2 Å². The average molecular weight is 232 g/mol. The van der Waals surface area contributed by atoms with Gasteiger partial charge in [-0.3, -0.25) is 5.84 Å². The quantitative estimate of drug-likeness (QED) is 0.478. The molecule has 0 aliphatic heterocycles. The van der Waals surface area contributed by atoms with E-state index in [4.69, 9.17) is 5.84 Å². The fraction of sp³-hybridized carbons (Fsp3) is 0.250. The molecule has 0 amide bonds. The molecule has 0 heterocycles. The average Bonchev–Trinajstić information content (AvgIpc) is 2.17. The van der Waals surface area contributed by atoms with Crippen LogP contribution in [0, 0.1) is 0 Å². The Morgan fingerprint density at radius 1 is 1.29 bits per heavy atom. The molecule has 0 bridgehead atoms. The van der Waals surface area contributed by atoms with Crippen LogP contribution in [0.25, 0.3) is 0 Å². The number of hydrogen-bond acceptors (Lipinski definition) is 4. The lowest BCUT2D eigenvalue weighted by molar-refractivity contribution is 0.486. The first-order chi connectivity index (χ1) is 6.48. The van der Waals surface area contributed by atoms with Gasteiger partial charge in [0.25, 0.3) is 10.0 Å². The molecule has 1 aromatic carbocycles. The first kappa shape index (κ1) is 11.5. The molecule has 4 nitrogen and oxygen atoms in total. The minimum absolute atomic E-state index is 0.209. The van der Waals surface area contributed by atoms with Gasteiger partial charge < -0.3 is 0 Å². The molecule has 1 rings (SSSR count). The van der Waals surface area contributed by atoms with Gasteiger partial charge >= 0.3 is 0 Å². The fourth-order valence-electron chi connectivity index (χ4n) is 0.914. The van der Waals surface area contributed by atoms with Crippen LogP contribution < -0.4 is 5.84 Å². The number of hydrazine groups is 1. The SMILES string of the molecule is CSc1ccc(S(=O)(=O)N(C)N)cc1. The van der Waals surface area contributed by atoms with E-state index in [9.17, 15) is 8.42 Å². The van der Waals surface area contributed by atoms with Gasteiger partial charge in [-0.05, 0) is 30.5 Å². The van der Waals surface area contributed by atoms with Gasteiger partial charge in [0.05, 0.1) is 4.90 Å². The van der Waals surface area contributed by atoms with E-state index in [1.165, 1.54) is 7.05 Å². The van der Waals surface area contributed by atoms with E-state index in [2.05, 4.69) is 0 Å². The monoisotopic (exact) mass is 232 g/mol. The number of benzene rings is 1. The maximum atomic E-state index is 11.5. The van der Waals surface area contributed by atoms with Gasteiger partial charge in [-0.2, -0.15) is 0 Å². The van der Waals surface area contributed by atoms with Crippen LogP contribution in [0.5, 0.6) is 0 Å². The summed E-state index contributed by atoms with van der Waals surface area (Å²) in [7, 11) is -2.20. The largest absolute Gasteiger partial charge is 0.255 e. The summed E-state index contributed by atoms with van der Waals surface area (Å²) < 4.78 is 23.8. The second-order valence-electron chi connectivity index (χ2n) is 2.70. The van der Waals surface area contributed by atoms with E-state index in [1.54, 1.807) is 36.0 Å². The predicted molar refractivity (Wildman–Crippen MR) is 57.4 cm³/mol. The second kappa shape index (κ2) is 4.31. The lowest BCUT2D eigenvalue weighted by Crippen LogP contribution is -2.33. The molecule has 6 heteroatoms. The van der Waals surface area contributed by atoms with Crippen molar-refractivity contribution in [2.24, 2.45) is 5.84 Å². The third-order valence-corrected chi connectivity index (χ3v) is 4.11. The molecule has 14 heavy (non-hydrogen) atoms. The first-order valence-electron chi connectivity index (χ1n) is 3.86. The summed E-state index contributed by atoms with van der Waals surface area (Å²) in [5, 5.41) is 0. The Bertz CT molecular complexity index is 398. The van der Waals surface area contributed by atoms with Crippen LogP contribution in [0.15, 0.2) is 34.1 Å². The topological polar surface area (TPSA) is 63.4 Å². The van der Waals surface area contributed by atoms with Crippen LogP contribution in [0.2, 0.25) is 0 Å². The third kappa shape index (κ3) is 2.27. The van der Waals surface area contributed by atoms with Crippen LogP contribution in [-0.2, 0) is 10.0 Å². The molecule has 0 saturated heterocycles. The fourth-order valence-corrected chi connectivity index (χ4v) is 2.13. The molecule has 0 aromatic heterocycles. The summed E-state index contributed by atoms with van der Waals surface area (Å²) >= 11 is 1.56. The molecule has 0 aliphatic rings. The number of thioether (sulfide) groups is 1. The normalized spacial score (nSPS) is 12.0. The molecule has 0 unspecified atom stereocenters.